The van der Waals surface area contributed by atoms with Crippen molar-refractivity contribution in [1.29, 1.82) is 0 Å². The van der Waals surface area contributed by atoms with Crippen LogP contribution in [0, 0.1) is 3.57 Å². The Labute approximate surface area is 112 Å². The monoisotopic (exact) mass is 339 g/mol. The van der Waals surface area contributed by atoms with Gasteiger partial charge in [0.25, 0.3) is 5.91 Å². The molecule has 0 aliphatic rings. The molecule has 1 amide bonds. The molecule has 4 nitrogen and oxygen atoms in total. The fraction of sp³-hybridized carbons (Fsp3) is 0. The molecule has 5 heteroatoms. The molecule has 3 N–H and O–H groups in total. The van der Waals surface area contributed by atoms with Gasteiger partial charge < -0.3 is 11.1 Å². The van der Waals surface area contributed by atoms with Gasteiger partial charge in [0.15, 0.2) is 0 Å². The van der Waals surface area contributed by atoms with Crippen LogP contribution in [0.2, 0.25) is 0 Å². The van der Waals surface area contributed by atoms with E-state index in [2.05, 4.69) is 32.9 Å². The van der Waals surface area contributed by atoms with Crippen molar-refractivity contribution < 1.29 is 4.79 Å². The van der Waals surface area contributed by atoms with E-state index in [9.17, 15) is 4.79 Å². The van der Waals surface area contributed by atoms with E-state index in [0.29, 0.717) is 11.5 Å². The summed E-state index contributed by atoms with van der Waals surface area (Å²) < 4.78 is 0.974. The van der Waals surface area contributed by atoms with Crippen molar-refractivity contribution in [1.82, 2.24) is 4.98 Å². The quantitative estimate of drug-likeness (QED) is 0.827. The maximum atomic E-state index is 11.9. The highest BCUT2D eigenvalue weighted by Gasteiger charge is 2.09. The van der Waals surface area contributed by atoms with Crippen molar-refractivity contribution in [3.05, 3.63) is 51.7 Å². The summed E-state index contributed by atoms with van der Waals surface area (Å²) in [5.74, 6) is 0.0711. The van der Waals surface area contributed by atoms with Crippen LogP contribution >= 0.6 is 22.6 Å². The summed E-state index contributed by atoms with van der Waals surface area (Å²) in [4.78, 5) is 15.8. The van der Waals surface area contributed by atoms with E-state index in [1.807, 2.05) is 24.3 Å². The van der Waals surface area contributed by atoms with Crippen molar-refractivity contribution in [3.8, 4) is 0 Å². The number of amides is 1. The Hall–Kier alpha value is -1.63. The topological polar surface area (TPSA) is 68.0 Å². The summed E-state index contributed by atoms with van der Waals surface area (Å²) >= 11 is 2.16. The number of hydrogen-bond acceptors (Lipinski definition) is 3. The molecule has 0 aliphatic heterocycles. The predicted octanol–water partition coefficient (Wildman–Crippen LogP) is 2.52. The highest BCUT2D eigenvalue weighted by atomic mass is 127. The molecule has 86 valence electrons. The number of nitrogens with one attached hydrogen (secondary N) is 1. The van der Waals surface area contributed by atoms with Gasteiger partial charge in [-0.2, -0.15) is 0 Å². The van der Waals surface area contributed by atoms with Crippen LogP contribution in [0.5, 0.6) is 0 Å². The minimum absolute atomic E-state index is 0.263. The minimum atomic E-state index is -0.263. The zero-order valence-electron chi connectivity index (χ0n) is 8.85. The first-order chi connectivity index (χ1) is 8.16. The standard InChI is InChI=1S/C12H10IN3O/c13-8-4-1-2-5-9(8)16-12(17)10-6-3-7-11(14)15-10/h1-7H,(H2,14,15)(H,16,17). The molecule has 1 heterocycles. The first-order valence-electron chi connectivity index (χ1n) is 4.95. The number of para-hydroxylation sites is 1. The van der Waals surface area contributed by atoms with Crippen LogP contribution < -0.4 is 11.1 Å². The predicted molar refractivity (Wildman–Crippen MR) is 75.8 cm³/mol. The van der Waals surface area contributed by atoms with Crippen LogP contribution in [0.15, 0.2) is 42.5 Å². The first-order valence-corrected chi connectivity index (χ1v) is 6.03. The molecule has 2 rings (SSSR count). The zero-order chi connectivity index (χ0) is 12.3. The number of carbonyl (C=O) groups is 1. The maximum absolute atomic E-state index is 11.9. The third-order valence-corrected chi connectivity index (χ3v) is 3.07. The van der Waals surface area contributed by atoms with E-state index in [-0.39, 0.29) is 5.91 Å². The molecule has 0 spiro atoms. The summed E-state index contributed by atoms with van der Waals surface area (Å²) in [5, 5.41) is 2.79. The van der Waals surface area contributed by atoms with Gasteiger partial charge in [-0.3, -0.25) is 4.79 Å². The molecule has 0 saturated carbocycles. The van der Waals surface area contributed by atoms with Gasteiger partial charge in [0.05, 0.1) is 5.69 Å². The molecule has 0 aliphatic carbocycles. The molecule has 0 radical (unpaired) electrons. The number of carbonyl (C=O) groups excluding carboxylic acids is 1. The molecule has 0 fully saturated rings. The van der Waals surface area contributed by atoms with Crippen LogP contribution in [0.25, 0.3) is 0 Å². The Morgan fingerprint density at radius 1 is 1.18 bits per heavy atom. The number of halogens is 1. The van der Waals surface area contributed by atoms with Gasteiger partial charge in [-0.05, 0) is 46.9 Å². The van der Waals surface area contributed by atoms with Crippen molar-refractivity contribution in [2.24, 2.45) is 0 Å². The van der Waals surface area contributed by atoms with Crippen LogP contribution in [0.1, 0.15) is 10.5 Å². The van der Waals surface area contributed by atoms with E-state index >= 15 is 0 Å². The molecule has 1 aromatic heterocycles. The van der Waals surface area contributed by atoms with Gasteiger partial charge in [-0.1, -0.05) is 18.2 Å². The normalized spacial score (nSPS) is 9.94. The Morgan fingerprint density at radius 3 is 2.65 bits per heavy atom. The summed E-state index contributed by atoms with van der Waals surface area (Å²) in [6.07, 6.45) is 0. The highest BCUT2D eigenvalue weighted by molar-refractivity contribution is 14.1. The molecular weight excluding hydrogens is 329 g/mol. The lowest BCUT2D eigenvalue weighted by molar-refractivity contribution is 0.102. The Kier molecular flexibility index (Phi) is 3.58. The molecule has 0 saturated heterocycles. The number of benzene rings is 1. The van der Waals surface area contributed by atoms with Crippen LogP contribution in [-0.4, -0.2) is 10.9 Å². The largest absolute Gasteiger partial charge is 0.384 e. The summed E-state index contributed by atoms with van der Waals surface area (Å²) in [7, 11) is 0. The van der Waals surface area contributed by atoms with E-state index in [1.54, 1.807) is 18.2 Å². The average molecular weight is 339 g/mol. The van der Waals surface area contributed by atoms with Crippen LogP contribution in [0.3, 0.4) is 0 Å². The molecule has 0 unspecified atom stereocenters. The van der Waals surface area contributed by atoms with E-state index in [0.717, 1.165) is 9.26 Å². The number of anilines is 2. The minimum Gasteiger partial charge on any atom is -0.384 e. The zero-order valence-corrected chi connectivity index (χ0v) is 11.0. The molecule has 1 aromatic carbocycles. The molecule has 0 atom stereocenters. The third kappa shape index (κ3) is 2.94. The molecular formula is C12H10IN3O. The van der Waals surface area contributed by atoms with Crippen LogP contribution in [0.4, 0.5) is 11.5 Å². The fourth-order valence-corrected chi connectivity index (χ4v) is 1.85. The van der Waals surface area contributed by atoms with E-state index in [1.165, 1.54) is 0 Å². The van der Waals surface area contributed by atoms with Gasteiger partial charge >= 0.3 is 0 Å². The lowest BCUT2D eigenvalue weighted by atomic mass is 10.3. The van der Waals surface area contributed by atoms with Crippen LogP contribution in [-0.2, 0) is 0 Å². The lowest BCUT2D eigenvalue weighted by Gasteiger charge is -2.06. The second-order valence-electron chi connectivity index (χ2n) is 3.38. The van der Waals surface area contributed by atoms with Crippen molar-refractivity contribution in [2.75, 3.05) is 11.1 Å². The van der Waals surface area contributed by atoms with Gasteiger partial charge in [0.1, 0.15) is 11.5 Å². The average Bonchev–Trinajstić information content (AvgIpc) is 2.32. The first kappa shape index (κ1) is 11.8. The second-order valence-corrected chi connectivity index (χ2v) is 4.54. The van der Waals surface area contributed by atoms with Gasteiger partial charge in [-0.25, -0.2) is 4.98 Å². The highest BCUT2D eigenvalue weighted by Crippen LogP contribution is 2.17. The molecule has 2 aromatic rings. The second kappa shape index (κ2) is 5.13. The maximum Gasteiger partial charge on any atom is 0.274 e. The number of hydrogen-bond donors (Lipinski definition) is 2. The number of rotatable bonds is 2. The fourth-order valence-electron chi connectivity index (χ4n) is 1.33. The van der Waals surface area contributed by atoms with Gasteiger partial charge in [0.2, 0.25) is 0 Å². The van der Waals surface area contributed by atoms with E-state index < -0.39 is 0 Å². The number of nitrogens with two attached hydrogens (primary N) is 1. The smallest absolute Gasteiger partial charge is 0.274 e. The molecule has 0 bridgehead atoms. The van der Waals surface area contributed by atoms with Gasteiger partial charge in [-0.15, -0.1) is 0 Å². The summed E-state index contributed by atoms with van der Waals surface area (Å²) in [5.41, 5.74) is 6.60. The van der Waals surface area contributed by atoms with Crippen molar-refractivity contribution in [2.45, 2.75) is 0 Å². The summed E-state index contributed by atoms with van der Waals surface area (Å²) in [6, 6.07) is 12.5. The SMILES string of the molecule is Nc1cccc(C(=O)Nc2ccccc2I)n1. The van der Waals surface area contributed by atoms with E-state index in [4.69, 9.17) is 5.73 Å². The Morgan fingerprint density at radius 2 is 1.94 bits per heavy atom. The van der Waals surface area contributed by atoms with Gasteiger partial charge in [0, 0.05) is 3.57 Å². The van der Waals surface area contributed by atoms with Crippen molar-refractivity contribution >= 4 is 40.0 Å². The number of nitrogens with zero attached hydrogens (tertiary/aromatic N) is 1. The summed E-state index contributed by atoms with van der Waals surface area (Å²) in [6.45, 7) is 0. The number of pyridine rings is 1. The number of nitrogen functional groups attached to an aromatic ring is 1. The Balaban J connectivity index is 2.20. The lowest BCUT2D eigenvalue weighted by Crippen LogP contribution is -2.14. The number of aromatic nitrogens is 1. The third-order valence-electron chi connectivity index (χ3n) is 2.13. The molecule has 17 heavy (non-hydrogen) atoms. The Bertz CT molecular complexity index is 557. The van der Waals surface area contributed by atoms with Crippen molar-refractivity contribution in [3.63, 3.8) is 0 Å².